The van der Waals surface area contributed by atoms with E-state index in [2.05, 4.69) is 15.9 Å². The van der Waals surface area contributed by atoms with Crippen LogP contribution in [0, 0.1) is 0 Å². The van der Waals surface area contributed by atoms with Crippen LogP contribution in [0.15, 0.2) is 45.8 Å². The molecule has 6 heteroatoms. The highest BCUT2D eigenvalue weighted by atomic mass is 79.9. The molecule has 1 aromatic heterocycles. The van der Waals surface area contributed by atoms with Gasteiger partial charge < -0.3 is 4.57 Å². The molecule has 0 radical (unpaired) electrons. The lowest BCUT2D eigenvalue weighted by molar-refractivity contribution is 0.601. The van der Waals surface area contributed by atoms with Crippen molar-refractivity contribution in [2.45, 2.75) is 5.75 Å². The monoisotopic (exact) mass is 355 g/mol. The fraction of sp³-hybridized carbons (Fsp3) is 0.214. The Bertz CT molecular complexity index is 809. The van der Waals surface area contributed by atoms with Crippen LogP contribution < -0.4 is 5.56 Å². The number of rotatable bonds is 3. The van der Waals surface area contributed by atoms with E-state index < -0.39 is 9.84 Å². The van der Waals surface area contributed by atoms with E-state index in [1.807, 2.05) is 18.2 Å². The van der Waals surface area contributed by atoms with Gasteiger partial charge in [-0.15, -0.1) is 0 Å². The first-order valence-electron chi connectivity index (χ1n) is 5.89. The van der Waals surface area contributed by atoms with Crippen LogP contribution in [0.3, 0.4) is 0 Å². The summed E-state index contributed by atoms with van der Waals surface area (Å²) in [5, 5.41) is 0. The molecule has 4 nitrogen and oxygen atoms in total. The molecule has 0 spiro atoms. The second kappa shape index (κ2) is 5.54. The average Bonchev–Trinajstić information content (AvgIpc) is 2.32. The van der Waals surface area contributed by atoms with E-state index in [1.165, 1.54) is 16.9 Å². The molecule has 0 bridgehead atoms. The van der Waals surface area contributed by atoms with Crippen molar-refractivity contribution in [3.63, 3.8) is 0 Å². The Morgan fingerprint density at radius 2 is 1.95 bits per heavy atom. The van der Waals surface area contributed by atoms with Crippen LogP contribution in [-0.2, 0) is 22.6 Å². The molecule has 0 amide bonds. The van der Waals surface area contributed by atoms with Gasteiger partial charge in [0.2, 0.25) is 0 Å². The SMILES string of the molecule is Cn1cc(-c2cccc(CS(C)(=O)=O)c2)c(Br)cc1=O. The molecule has 0 aliphatic carbocycles. The molecular formula is C14H14BrNO3S. The van der Waals surface area contributed by atoms with E-state index in [1.54, 1.807) is 19.3 Å². The zero-order valence-electron chi connectivity index (χ0n) is 11.1. The lowest BCUT2D eigenvalue weighted by Crippen LogP contribution is -2.14. The Morgan fingerprint density at radius 3 is 2.60 bits per heavy atom. The number of aryl methyl sites for hydroxylation is 1. The van der Waals surface area contributed by atoms with E-state index in [9.17, 15) is 13.2 Å². The topological polar surface area (TPSA) is 56.1 Å². The molecule has 20 heavy (non-hydrogen) atoms. The summed E-state index contributed by atoms with van der Waals surface area (Å²) in [5.41, 5.74) is 2.34. The Hall–Kier alpha value is -1.40. The Balaban J connectivity index is 2.51. The van der Waals surface area contributed by atoms with Crippen molar-refractivity contribution in [2.24, 2.45) is 7.05 Å². The highest BCUT2D eigenvalue weighted by molar-refractivity contribution is 9.10. The van der Waals surface area contributed by atoms with Crippen LogP contribution in [0.2, 0.25) is 0 Å². The molecule has 0 unspecified atom stereocenters. The molecule has 0 aliphatic heterocycles. The summed E-state index contributed by atoms with van der Waals surface area (Å²) in [6.07, 6.45) is 2.94. The number of hydrogen-bond acceptors (Lipinski definition) is 3. The number of sulfone groups is 1. The van der Waals surface area contributed by atoms with Gasteiger partial charge in [-0.25, -0.2) is 8.42 Å². The highest BCUT2D eigenvalue weighted by Gasteiger charge is 2.09. The standard InChI is InChI=1S/C14H14BrNO3S/c1-16-8-12(13(15)7-14(16)17)11-5-3-4-10(6-11)9-20(2,18)19/h3-8H,9H2,1-2H3. The Kier molecular flexibility index (Phi) is 4.15. The zero-order chi connectivity index (χ0) is 14.9. The summed E-state index contributed by atoms with van der Waals surface area (Å²) in [4.78, 5) is 11.5. The predicted molar refractivity (Wildman–Crippen MR) is 83.4 cm³/mol. The number of hydrogen-bond donors (Lipinski definition) is 0. The van der Waals surface area contributed by atoms with Crippen molar-refractivity contribution < 1.29 is 8.42 Å². The minimum absolute atomic E-state index is 0.00419. The first kappa shape index (κ1) is 15.0. The average molecular weight is 356 g/mol. The molecule has 0 saturated heterocycles. The number of aromatic nitrogens is 1. The van der Waals surface area contributed by atoms with Gasteiger partial charge in [-0.3, -0.25) is 4.79 Å². The third-order valence-corrected chi connectivity index (χ3v) is 4.36. The summed E-state index contributed by atoms with van der Waals surface area (Å²) in [6, 6.07) is 8.80. The van der Waals surface area contributed by atoms with Crippen molar-refractivity contribution in [3.8, 4) is 11.1 Å². The van der Waals surface area contributed by atoms with Crippen molar-refractivity contribution >= 4 is 25.8 Å². The second-order valence-electron chi connectivity index (χ2n) is 4.75. The first-order chi connectivity index (χ1) is 9.26. The molecule has 1 heterocycles. The molecule has 106 valence electrons. The Labute approximate surface area is 126 Å². The second-order valence-corrected chi connectivity index (χ2v) is 7.75. The third-order valence-electron chi connectivity index (χ3n) is 2.84. The minimum Gasteiger partial charge on any atom is -0.318 e. The van der Waals surface area contributed by atoms with Gasteiger partial charge in [0.25, 0.3) is 5.56 Å². The largest absolute Gasteiger partial charge is 0.318 e. The van der Waals surface area contributed by atoms with Crippen LogP contribution in [0.5, 0.6) is 0 Å². The molecule has 1 aromatic carbocycles. The van der Waals surface area contributed by atoms with Crippen LogP contribution >= 0.6 is 15.9 Å². The van der Waals surface area contributed by atoms with E-state index in [4.69, 9.17) is 0 Å². The van der Waals surface area contributed by atoms with E-state index in [-0.39, 0.29) is 11.3 Å². The van der Waals surface area contributed by atoms with E-state index >= 15 is 0 Å². The maximum absolute atomic E-state index is 11.5. The fourth-order valence-electron chi connectivity index (χ4n) is 1.95. The third kappa shape index (κ3) is 3.58. The predicted octanol–water partition coefficient (Wildman–Crippen LogP) is 2.36. The fourth-order valence-corrected chi connectivity index (χ4v) is 3.26. The van der Waals surface area contributed by atoms with Gasteiger partial charge in [-0.2, -0.15) is 0 Å². The number of nitrogens with zero attached hydrogens (tertiary/aromatic N) is 1. The lowest BCUT2D eigenvalue weighted by atomic mass is 10.1. The van der Waals surface area contributed by atoms with Gasteiger partial charge in [0.1, 0.15) is 0 Å². The quantitative estimate of drug-likeness (QED) is 0.849. The van der Waals surface area contributed by atoms with E-state index in [0.717, 1.165) is 16.7 Å². The van der Waals surface area contributed by atoms with E-state index in [0.29, 0.717) is 4.47 Å². The molecule has 0 aliphatic rings. The highest BCUT2D eigenvalue weighted by Crippen LogP contribution is 2.27. The smallest absolute Gasteiger partial charge is 0.251 e. The van der Waals surface area contributed by atoms with Gasteiger partial charge in [0.05, 0.1) is 5.75 Å². The van der Waals surface area contributed by atoms with Gasteiger partial charge >= 0.3 is 0 Å². The van der Waals surface area contributed by atoms with Gasteiger partial charge in [0, 0.05) is 35.6 Å². The number of pyridine rings is 1. The van der Waals surface area contributed by atoms with Crippen LogP contribution in [-0.4, -0.2) is 19.2 Å². The summed E-state index contributed by atoms with van der Waals surface area (Å²) >= 11 is 3.37. The molecule has 0 N–H and O–H groups in total. The van der Waals surface area contributed by atoms with Crippen molar-refractivity contribution in [1.82, 2.24) is 4.57 Å². The van der Waals surface area contributed by atoms with Crippen molar-refractivity contribution in [2.75, 3.05) is 6.26 Å². The van der Waals surface area contributed by atoms with Gasteiger partial charge in [-0.1, -0.05) is 24.3 Å². The lowest BCUT2D eigenvalue weighted by Gasteiger charge is -2.08. The minimum atomic E-state index is -3.07. The van der Waals surface area contributed by atoms with Crippen LogP contribution in [0.1, 0.15) is 5.56 Å². The van der Waals surface area contributed by atoms with Crippen LogP contribution in [0.4, 0.5) is 0 Å². The Morgan fingerprint density at radius 1 is 1.25 bits per heavy atom. The summed E-state index contributed by atoms with van der Waals surface area (Å²) in [6.45, 7) is 0. The number of benzene rings is 1. The molecule has 0 saturated carbocycles. The number of halogens is 1. The molecule has 0 atom stereocenters. The van der Waals surface area contributed by atoms with Gasteiger partial charge in [0.15, 0.2) is 9.84 Å². The normalized spacial score (nSPS) is 11.6. The zero-order valence-corrected chi connectivity index (χ0v) is 13.5. The molecule has 0 fully saturated rings. The first-order valence-corrected chi connectivity index (χ1v) is 8.75. The summed E-state index contributed by atoms with van der Waals surface area (Å²) in [7, 11) is -1.39. The molecular weight excluding hydrogens is 342 g/mol. The van der Waals surface area contributed by atoms with Crippen LogP contribution in [0.25, 0.3) is 11.1 Å². The maximum Gasteiger partial charge on any atom is 0.251 e. The summed E-state index contributed by atoms with van der Waals surface area (Å²) < 4.78 is 24.9. The maximum atomic E-state index is 11.5. The molecule has 2 aromatic rings. The van der Waals surface area contributed by atoms with Crippen molar-refractivity contribution in [1.29, 1.82) is 0 Å². The van der Waals surface area contributed by atoms with Crippen molar-refractivity contribution in [3.05, 3.63) is 56.9 Å². The molecule has 2 rings (SSSR count). The summed E-state index contributed by atoms with van der Waals surface area (Å²) in [5.74, 6) is 0.00419. The van der Waals surface area contributed by atoms with Gasteiger partial charge in [-0.05, 0) is 27.1 Å².